The zero-order valence-electron chi connectivity index (χ0n) is 49.6. The van der Waals surface area contributed by atoms with Crippen LogP contribution in [-0.2, 0) is 2360 Å². The summed E-state index contributed by atoms with van der Waals surface area (Å²) in [4.78, 5) is 0. The summed E-state index contributed by atoms with van der Waals surface area (Å²) >= 11 is 0. The summed E-state index contributed by atoms with van der Waals surface area (Å²) < 4.78 is 0. The average Bonchev–Trinajstić information content (AvgIpc) is 1.98. The van der Waals surface area contributed by atoms with Gasteiger partial charge in [0.2, 0.25) is 0 Å². The Morgan fingerprint density at radius 2 is 0.146 bits per heavy atom. The summed E-state index contributed by atoms with van der Waals surface area (Å²) in [5.74, 6) is 3.85. The smallest absolute Gasteiger partial charge is 0 e. The minimum atomic E-state index is 0. The summed E-state index contributed by atoms with van der Waals surface area (Å²) in [5, 5.41) is 0. The van der Waals surface area contributed by atoms with E-state index in [1.807, 2.05) is 0 Å². The molecule has 0 aromatic rings. The van der Waals surface area contributed by atoms with E-state index in [4.69, 9.17) is 0 Å². The molecule has 1 fully saturated rings. The molecule has 82 heavy (non-hydrogen) atoms. The number of hydrogen-bond acceptors (Lipinski definition) is 0. The SMILES string of the molecule is C[C@@H]1[C@H](C)[C@H](C)C[C@@H]1C.[CH3-].[Y].[Y].[Y].[Y].[Y].[Y].[Y].[Y].[Y].[Y].[Y].[Y].[Y].[Y].[Y].[Y].[Y].[Y].[Y].[Y].[Y].[Y].[Y].[Y].[Y].[Y].[Y].[Y].[Y].[Y].[Y].[Y].[Y].[Y].[Y].[Y].[Y].[Y].[Y].[Y].[Y].[Y].[Y].[Y].[Y].[Y].[Y].[Y].[Y].[Y].[Y].[Y].[Y].[Y].[Y].[Y].[Y].[Y].[Y].[Y].[Y].[Y].[Y].[Y].[Y].[Y].[Y].[Y].[Y].[Y].[Y].[Y]. The predicted octanol–water partition coefficient (Wildman–Crippen LogP) is 3.20. The first-order chi connectivity index (χ1) is 4.13. The third-order valence-electron chi connectivity index (χ3n) is 3.37. The standard InChI is InChI=1S/C9H18.CH3.72Y/c1-6-5-7(2)9(4)8(6)3;;;;;;;;;;;;;;;;;;;;;;;;;;;;;;;;;;;;;;;;;;;;;;;;;;;;;;;;;;;;;;;;;;;;;;;;;/h6-9H,5H2,1-4H3;1H3;;;;;;;;;;;;;;;;;;;;;;;;;;;;;;;;;;;;;;;;;;;;;;;;;;;;;;;;;;;;;;;;;;;;;;;;/q;-1;;;;;;;;;;;;;;;;;;;;;;;;;;;;;;;;;;;;;;;;;;;;;;;;;;;;;;;;;;;;;;;;;;;;;;;;/t6-,7+,8-,9+;;;;;;;;;;;;;;;;;;;;;;;;;;;;;;;;;;;;;;;;;;;;;;;;;;;;;;;;;;;;;;;;;;;;;;;;;. The molecule has 0 aromatic heterocycles. The zero-order chi connectivity index (χ0) is 7.02. The third kappa shape index (κ3) is 439. The molecule has 0 amide bonds. The molecule has 72 radical (unpaired) electrons. The Labute approximate surface area is 2330 Å². The first-order valence-corrected chi connectivity index (χ1v) is 4.13. The van der Waals surface area contributed by atoms with Crippen molar-refractivity contribution in [2.75, 3.05) is 0 Å². The Morgan fingerprint density at radius 3 is 0.159 bits per heavy atom. The van der Waals surface area contributed by atoms with Crippen LogP contribution in [0.3, 0.4) is 0 Å². The summed E-state index contributed by atoms with van der Waals surface area (Å²) in [7, 11) is 0. The van der Waals surface area contributed by atoms with Crippen molar-refractivity contribution >= 4 is 0 Å². The van der Waals surface area contributed by atoms with E-state index in [0.29, 0.717) is 0 Å². The predicted molar refractivity (Wildman–Crippen MR) is 47.7 cm³/mol. The van der Waals surface area contributed by atoms with Crippen LogP contribution in [0.4, 0.5) is 0 Å². The second kappa shape index (κ2) is 477. The maximum Gasteiger partial charge on any atom is 0 e. The monoisotopic (exact) mass is 6540 g/mol. The first-order valence-electron chi connectivity index (χ1n) is 4.13. The van der Waals surface area contributed by atoms with Gasteiger partial charge in [-0.2, -0.15) is 0 Å². The quantitative estimate of drug-likeness (QED) is 0.328. The van der Waals surface area contributed by atoms with Crippen molar-refractivity contribution < 1.29 is 2360 Å². The fourth-order valence-corrected chi connectivity index (χ4v) is 2.05. The molecular weight excluding hydrogens is 6520 g/mol. The molecule has 0 nitrogen and oxygen atoms in total. The topological polar surface area (TPSA) is 0 Å². The molecule has 1 rings (SSSR count). The van der Waals surface area contributed by atoms with E-state index < -0.39 is 0 Å². The summed E-state index contributed by atoms with van der Waals surface area (Å²) in [5.41, 5.74) is 0. The van der Waals surface area contributed by atoms with E-state index in [-0.39, 0.29) is 2360 Å². The summed E-state index contributed by atoms with van der Waals surface area (Å²) in [6.07, 6.45) is 1.45. The van der Waals surface area contributed by atoms with Gasteiger partial charge in [0.05, 0.1) is 0 Å². The van der Waals surface area contributed by atoms with Gasteiger partial charge in [0.25, 0.3) is 0 Å². The molecule has 1 aliphatic carbocycles. The van der Waals surface area contributed by atoms with Gasteiger partial charge in [-0.25, -0.2) is 0 Å². The molecule has 1 saturated carbocycles. The van der Waals surface area contributed by atoms with Crippen molar-refractivity contribution in [1.29, 1.82) is 0 Å². The van der Waals surface area contributed by atoms with Crippen LogP contribution in [0.25, 0.3) is 0 Å². The Balaban J connectivity index is -0.000000000156. The van der Waals surface area contributed by atoms with E-state index in [2.05, 4.69) is 27.7 Å². The van der Waals surface area contributed by atoms with Crippen molar-refractivity contribution in [2.45, 2.75) is 34.1 Å². The molecular formula is C10H21Y72-. The van der Waals surface area contributed by atoms with Gasteiger partial charge in [0.15, 0.2) is 0 Å². The van der Waals surface area contributed by atoms with Crippen LogP contribution >= 0.6 is 0 Å². The van der Waals surface area contributed by atoms with Crippen LogP contribution in [0, 0.1) is 31.1 Å². The largest absolute Gasteiger partial charge is 0.358 e. The van der Waals surface area contributed by atoms with Crippen LogP contribution in [-0.4, -0.2) is 0 Å². The molecule has 0 unspecified atom stereocenters. The minimum Gasteiger partial charge on any atom is -0.358 e. The van der Waals surface area contributed by atoms with Crippen LogP contribution in [0.15, 0.2) is 0 Å². The number of hydrogen-bond donors (Lipinski definition) is 0. The van der Waals surface area contributed by atoms with Crippen molar-refractivity contribution in [3.05, 3.63) is 7.43 Å². The summed E-state index contributed by atoms with van der Waals surface area (Å²) in [6.45, 7) is 9.53. The molecule has 72 heteroatoms. The van der Waals surface area contributed by atoms with Crippen molar-refractivity contribution in [1.82, 2.24) is 0 Å². The van der Waals surface area contributed by atoms with Gasteiger partial charge in [0, 0.05) is 2360 Å². The van der Waals surface area contributed by atoms with Gasteiger partial charge in [-0.15, -0.1) is 0 Å². The molecule has 278 valence electrons. The van der Waals surface area contributed by atoms with E-state index in [1.54, 1.807) is 0 Å². The van der Waals surface area contributed by atoms with Gasteiger partial charge >= 0.3 is 0 Å². The van der Waals surface area contributed by atoms with Crippen LogP contribution < -0.4 is 0 Å². The van der Waals surface area contributed by atoms with E-state index in [9.17, 15) is 0 Å². The molecule has 0 saturated heterocycles. The number of rotatable bonds is 0. The van der Waals surface area contributed by atoms with E-state index in [0.717, 1.165) is 23.7 Å². The van der Waals surface area contributed by atoms with Gasteiger partial charge < -0.3 is 7.43 Å². The van der Waals surface area contributed by atoms with E-state index >= 15 is 0 Å². The molecule has 0 heterocycles. The normalized spacial score (nSPS) is 5.71. The Morgan fingerprint density at radius 1 is 0.110 bits per heavy atom. The first kappa shape index (κ1) is 531. The fraction of sp³-hybridized carbons (Fsp3) is 0.900. The van der Waals surface area contributed by atoms with Crippen molar-refractivity contribution in [3.8, 4) is 0 Å². The molecule has 0 spiro atoms. The van der Waals surface area contributed by atoms with Gasteiger partial charge in [-0.1, -0.05) is 27.7 Å². The van der Waals surface area contributed by atoms with Crippen LogP contribution in [0.2, 0.25) is 0 Å². The van der Waals surface area contributed by atoms with Gasteiger partial charge in [-0.05, 0) is 30.1 Å². The Hall–Kier alpha value is 79.5. The molecule has 0 aliphatic heterocycles. The minimum absolute atomic E-state index is 0. The van der Waals surface area contributed by atoms with Crippen molar-refractivity contribution in [2.24, 2.45) is 23.7 Å². The van der Waals surface area contributed by atoms with E-state index in [1.165, 1.54) is 6.42 Å². The van der Waals surface area contributed by atoms with Gasteiger partial charge in [0.1, 0.15) is 0 Å². The average molecular weight is 6540 g/mol. The third-order valence-corrected chi connectivity index (χ3v) is 3.37. The van der Waals surface area contributed by atoms with Crippen LogP contribution in [0.1, 0.15) is 34.1 Å². The summed E-state index contributed by atoms with van der Waals surface area (Å²) in [6, 6.07) is 0. The molecule has 0 N–H and O–H groups in total. The van der Waals surface area contributed by atoms with Crippen molar-refractivity contribution in [3.63, 3.8) is 0 Å². The fourth-order valence-electron chi connectivity index (χ4n) is 2.05. The molecule has 1 aliphatic rings. The second-order valence-corrected chi connectivity index (χ2v) is 3.91. The Kier molecular flexibility index (Phi) is 3090. The Bertz CT molecular complexity index is 128. The van der Waals surface area contributed by atoms with Gasteiger partial charge in [-0.3, -0.25) is 0 Å². The maximum atomic E-state index is 2.39. The maximum absolute atomic E-state index is 2.39. The second-order valence-electron chi connectivity index (χ2n) is 3.91. The molecule has 0 bridgehead atoms. The van der Waals surface area contributed by atoms with Crippen LogP contribution in [0.5, 0.6) is 0 Å². The molecule has 0 aromatic carbocycles. The molecule has 4 atom stereocenters. The zero-order valence-corrected chi connectivity index (χ0v) is 254.